The van der Waals surface area contributed by atoms with Gasteiger partial charge in [0, 0.05) is 12.4 Å². The van der Waals surface area contributed by atoms with E-state index in [1.54, 1.807) is 6.20 Å². The third-order valence-electron chi connectivity index (χ3n) is 3.63. The van der Waals surface area contributed by atoms with Crippen LogP contribution in [-0.4, -0.2) is 9.97 Å². The van der Waals surface area contributed by atoms with Crippen molar-refractivity contribution in [3.63, 3.8) is 0 Å². The number of H-pyrrole nitrogens is 1. The van der Waals surface area contributed by atoms with Gasteiger partial charge in [0.15, 0.2) is 0 Å². The first-order valence-corrected chi connectivity index (χ1v) is 5.41. The van der Waals surface area contributed by atoms with Crippen LogP contribution < -0.4 is 5.73 Å². The van der Waals surface area contributed by atoms with E-state index in [1.807, 2.05) is 6.20 Å². The molecule has 3 heteroatoms. The Morgan fingerprint density at radius 1 is 1.57 bits per heavy atom. The third kappa shape index (κ3) is 1.46. The summed E-state index contributed by atoms with van der Waals surface area (Å²) in [5, 5.41) is 0. The van der Waals surface area contributed by atoms with E-state index in [-0.39, 0.29) is 5.54 Å². The molecule has 1 heterocycles. The molecule has 0 radical (unpaired) electrons. The smallest absolute Gasteiger partial charge is 0.126 e. The molecule has 1 aliphatic carbocycles. The summed E-state index contributed by atoms with van der Waals surface area (Å²) < 4.78 is 0. The molecule has 0 unspecified atom stereocenters. The van der Waals surface area contributed by atoms with Gasteiger partial charge in [-0.25, -0.2) is 4.98 Å². The van der Waals surface area contributed by atoms with Gasteiger partial charge < -0.3 is 10.7 Å². The number of nitrogens with zero attached hydrogens (tertiary/aromatic N) is 1. The summed E-state index contributed by atoms with van der Waals surface area (Å²) in [5.74, 6) is 2.27. The molecule has 0 bridgehead atoms. The fourth-order valence-electron chi connectivity index (χ4n) is 2.53. The zero-order valence-electron chi connectivity index (χ0n) is 8.96. The molecule has 14 heavy (non-hydrogen) atoms. The number of aromatic amines is 1. The van der Waals surface area contributed by atoms with E-state index in [4.69, 9.17) is 5.73 Å². The Morgan fingerprint density at radius 3 is 2.93 bits per heavy atom. The Bertz CT molecular complexity index is 293. The lowest BCUT2D eigenvalue weighted by atomic mass is 9.70. The normalized spacial score (nSPS) is 38.5. The lowest BCUT2D eigenvalue weighted by molar-refractivity contribution is 0.156. The first-order valence-electron chi connectivity index (χ1n) is 5.41. The van der Waals surface area contributed by atoms with Gasteiger partial charge in [0.05, 0.1) is 5.54 Å². The summed E-state index contributed by atoms with van der Waals surface area (Å²) in [6.07, 6.45) is 7.10. The first kappa shape index (κ1) is 9.71. The van der Waals surface area contributed by atoms with Crippen LogP contribution in [0.15, 0.2) is 12.4 Å². The maximum Gasteiger partial charge on any atom is 0.126 e. The molecule has 3 atom stereocenters. The van der Waals surface area contributed by atoms with Crippen molar-refractivity contribution in [2.45, 2.75) is 38.6 Å². The largest absolute Gasteiger partial charge is 0.347 e. The van der Waals surface area contributed by atoms with Gasteiger partial charge in [0.1, 0.15) is 5.82 Å². The van der Waals surface area contributed by atoms with Gasteiger partial charge in [0.2, 0.25) is 0 Å². The van der Waals surface area contributed by atoms with Gasteiger partial charge in [0.25, 0.3) is 0 Å². The van der Waals surface area contributed by atoms with Crippen molar-refractivity contribution in [2.24, 2.45) is 17.6 Å². The number of imidazole rings is 1. The fourth-order valence-corrected chi connectivity index (χ4v) is 2.53. The van der Waals surface area contributed by atoms with E-state index in [0.717, 1.165) is 18.2 Å². The Labute approximate surface area is 85.1 Å². The lowest BCUT2D eigenvalue weighted by Gasteiger charge is -2.40. The number of aromatic nitrogens is 2. The highest BCUT2D eigenvalue weighted by Crippen LogP contribution is 2.40. The molecule has 1 aliphatic rings. The van der Waals surface area contributed by atoms with E-state index in [9.17, 15) is 0 Å². The van der Waals surface area contributed by atoms with Gasteiger partial charge in [-0.1, -0.05) is 13.8 Å². The third-order valence-corrected chi connectivity index (χ3v) is 3.63. The van der Waals surface area contributed by atoms with Crippen molar-refractivity contribution < 1.29 is 0 Å². The van der Waals surface area contributed by atoms with Crippen molar-refractivity contribution in [3.05, 3.63) is 18.2 Å². The van der Waals surface area contributed by atoms with Gasteiger partial charge in [-0.2, -0.15) is 0 Å². The average molecular weight is 193 g/mol. The van der Waals surface area contributed by atoms with Gasteiger partial charge in [-0.3, -0.25) is 0 Å². The van der Waals surface area contributed by atoms with Crippen LogP contribution in [0.4, 0.5) is 0 Å². The molecule has 0 spiro atoms. The molecule has 0 aromatic carbocycles. The van der Waals surface area contributed by atoms with Gasteiger partial charge in [-0.05, 0) is 31.1 Å². The van der Waals surface area contributed by atoms with Crippen molar-refractivity contribution in [1.82, 2.24) is 9.97 Å². The molecule has 1 fully saturated rings. The van der Waals surface area contributed by atoms with Gasteiger partial charge >= 0.3 is 0 Å². The van der Waals surface area contributed by atoms with Crippen molar-refractivity contribution in [1.29, 1.82) is 0 Å². The fraction of sp³-hybridized carbons (Fsp3) is 0.727. The van der Waals surface area contributed by atoms with Crippen LogP contribution in [0.3, 0.4) is 0 Å². The van der Waals surface area contributed by atoms with Crippen molar-refractivity contribution >= 4 is 0 Å². The predicted molar refractivity (Wildman–Crippen MR) is 56.6 cm³/mol. The van der Waals surface area contributed by atoms with Crippen LogP contribution in [0.1, 0.15) is 38.9 Å². The van der Waals surface area contributed by atoms with E-state index >= 15 is 0 Å². The number of rotatable bonds is 1. The van der Waals surface area contributed by atoms with E-state index < -0.39 is 0 Å². The molecular weight excluding hydrogens is 174 g/mol. The molecule has 1 saturated carbocycles. The molecule has 0 saturated heterocycles. The van der Waals surface area contributed by atoms with Crippen LogP contribution >= 0.6 is 0 Å². The summed E-state index contributed by atoms with van der Waals surface area (Å²) in [4.78, 5) is 7.46. The van der Waals surface area contributed by atoms with Crippen LogP contribution in [0, 0.1) is 11.8 Å². The van der Waals surface area contributed by atoms with Crippen LogP contribution in [-0.2, 0) is 5.54 Å². The monoisotopic (exact) mass is 193 g/mol. The van der Waals surface area contributed by atoms with Crippen LogP contribution in [0.5, 0.6) is 0 Å². The van der Waals surface area contributed by atoms with Crippen molar-refractivity contribution in [2.75, 3.05) is 0 Å². The standard InChI is InChI=1S/C11H19N3/c1-8-3-4-11(12,9(2)7-8)10-13-5-6-14-10/h5-6,8-9H,3-4,7,12H2,1-2H3,(H,13,14)/t8-,9-,11-/m1/s1. The number of hydrogen-bond donors (Lipinski definition) is 2. The molecular formula is C11H19N3. The minimum absolute atomic E-state index is 0.226. The Kier molecular flexibility index (Phi) is 2.35. The Hall–Kier alpha value is -0.830. The molecule has 3 N–H and O–H groups in total. The lowest BCUT2D eigenvalue weighted by Crippen LogP contribution is -2.47. The topological polar surface area (TPSA) is 54.7 Å². The quantitative estimate of drug-likeness (QED) is 0.717. The molecule has 0 aliphatic heterocycles. The highest BCUT2D eigenvalue weighted by molar-refractivity contribution is 5.09. The molecule has 78 valence electrons. The molecule has 1 aromatic heterocycles. The second kappa shape index (κ2) is 3.39. The molecule has 3 nitrogen and oxygen atoms in total. The Balaban J connectivity index is 2.23. The van der Waals surface area contributed by atoms with E-state index in [0.29, 0.717) is 5.92 Å². The number of hydrogen-bond acceptors (Lipinski definition) is 2. The van der Waals surface area contributed by atoms with Crippen LogP contribution in [0.2, 0.25) is 0 Å². The summed E-state index contributed by atoms with van der Waals surface area (Å²) in [6, 6.07) is 0. The second-order valence-electron chi connectivity index (χ2n) is 4.76. The second-order valence-corrected chi connectivity index (χ2v) is 4.76. The molecule has 2 rings (SSSR count). The van der Waals surface area contributed by atoms with E-state index in [2.05, 4.69) is 23.8 Å². The first-order chi connectivity index (χ1) is 6.63. The van der Waals surface area contributed by atoms with Crippen molar-refractivity contribution in [3.8, 4) is 0 Å². The summed E-state index contributed by atoms with van der Waals surface area (Å²) >= 11 is 0. The number of nitrogens with one attached hydrogen (secondary N) is 1. The average Bonchev–Trinajstić information content (AvgIpc) is 2.65. The van der Waals surface area contributed by atoms with Crippen LogP contribution in [0.25, 0.3) is 0 Å². The maximum absolute atomic E-state index is 6.44. The SMILES string of the molecule is C[C@@H]1CC[C@](N)(c2ncc[nH]2)[C@H](C)C1. The zero-order valence-corrected chi connectivity index (χ0v) is 8.96. The highest BCUT2D eigenvalue weighted by Gasteiger charge is 2.39. The molecule has 0 amide bonds. The minimum Gasteiger partial charge on any atom is -0.347 e. The van der Waals surface area contributed by atoms with E-state index in [1.165, 1.54) is 12.8 Å². The predicted octanol–water partition coefficient (Wildman–Crippen LogP) is 2.02. The zero-order chi connectivity index (χ0) is 10.2. The highest BCUT2D eigenvalue weighted by atomic mass is 15.0. The summed E-state index contributed by atoms with van der Waals surface area (Å²) in [7, 11) is 0. The maximum atomic E-state index is 6.44. The number of nitrogens with two attached hydrogens (primary N) is 1. The Morgan fingerprint density at radius 2 is 2.36 bits per heavy atom. The summed E-state index contributed by atoms with van der Waals surface area (Å²) in [6.45, 7) is 4.54. The minimum atomic E-state index is -0.226. The van der Waals surface area contributed by atoms with Gasteiger partial charge in [-0.15, -0.1) is 0 Å². The summed E-state index contributed by atoms with van der Waals surface area (Å²) in [5.41, 5.74) is 6.21. The molecule has 1 aromatic rings.